The lowest BCUT2D eigenvalue weighted by molar-refractivity contribution is -0.166. The van der Waals surface area contributed by atoms with E-state index in [9.17, 15) is 9.59 Å². The zero-order valence-corrected chi connectivity index (χ0v) is 11.0. The summed E-state index contributed by atoms with van der Waals surface area (Å²) in [6, 6.07) is 0. The number of methoxy groups -OCH3 is 2. The number of Topliss-reactive ketones (excluding diaryl/α,β-unsaturated/α-hetero) is 1. The first-order valence-corrected chi connectivity index (χ1v) is 6.66. The number of esters is 1. The van der Waals surface area contributed by atoms with E-state index in [1.165, 1.54) is 7.11 Å². The van der Waals surface area contributed by atoms with Crippen LogP contribution in [0.5, 0.6) is 0 Å². The molecule has 4 bridgehead atoms. The van der Waals surface area contributed by atoms with E-state index in [1.807, 2.05) is 0 Å². The smallest absolute Gasteiger partial charge is 0.316 e. The van der Waals surface area contributed by atoms with E-state index in [2.05, 4.69) is 6.92 Å². The van der Waals surface area contributed by atoms with Crippen molar-refractivity contribution in [3.8, 4) is 0 Å². The molecule has 5 fully saturated rings. The molecule has 0 aromatic heterocycles. The molecule has 0 aromatic carbocycles. The Labute approximate surface area is 106 Å². The molecule has 0 heterocycles. The number of carbonyl (C=O) groups is 2. The van der Waals surface area contributed by atoms with Crippen LogP contribution in [0.2, 0.25) is 0 Å². The lowest BCUT2D eigenvalue weighted by Gasteiger charge is -2.46. The molecular formula is C14H18O4. The first-order valence-electron chi connectivity index (χ1n) is 6.66. The van der Waals surface area contributed by atoms with Crippen molar-refractivity contribution >= 4 is 11.8 Å². The van der Waals surface area contributed by atoms with Gasteiger partial charge < -0.3 is 9.47 Å². The highest BCUT2D eigenvalue weighted by Gasteiger charge is 3.02. The Bertz CT molecular complexity index is 494. The van der Waals surface area contributed by atoms with Gasteiger partial charge in [-0.15, -0.1) is 0 Å². The van der Waals surface area contributed by atoms with Crippen LogP contribution in [0.1, 0.15) is 32.6 Å². The Morgan fingerprint density at radius 1 is 1.22 bits per heavy atom. The quantitative estimate of drug-likeness (QED) is 0.694. The largest absolute Gasteiger partial charge is 0.468 e. The Morgan fingerprint density at radius 3 is 2.39 bits per heavy atom. The minimum absolute atomic E-state index is 0.164. The number of hydrogen-bond acceptors (Lipinski definition) is 4. The van der Waals surface area contributed by atoms with Crippen LogP contribution >= 0.6 is 0 Å². The van der Waals surface area contributed by atoms with E-state index in [4.69, 9.17) is 9.47 Å². The van der Waals surface area contributed by atoms with Crippen LogP contribution < -0.4 is 0 Å². The molecule has 4 atom stereocenters. The van der Waals surface area contributed by atoms with Gasteiger partial charge >= 0.3 is 5.97 Å². The standard InChI is InChI=1S/C14H18O4/c1-11-4-7-13(18-3)8(9(11)15)14(13,10(16)17-2)12(11)5-6-12/h8H,4-7H2,1-3H3/t8-,11-,13-,14-/m0/s1. The van der Waals surface area contributed by atoms with Crippen molar-refractivity contribution in [3.05, 3.63) is 0 Å². The maximum atomic E-state index is 12.7. The van der Waals surface area contributed by atoms with Crippen molar-refractivity contribution in [2.75, 3.05) is 14.2 Å². The predicted octanol–water partition coefficient (Wildman–Crippen LogP) is 1.32. The number of rotatable bonds is 2. The van der Waals surface area contributed by atoms with Crippen LogP contribution in [0.15, 0.2) is 0 Å². The average molecular weight is 250 g/mol. The van der Waals surface area contributed by atoms with Crippen molar-refractivity contribution in [2.45, 2.75) is 38.2 Å². The summed E-state index contributed by atoms with van der Waals surface area (Å²) in [4.78, 5) is 25.1. The van der Waals surface area contributed by atoms with Crippen LogP contribution in [-0.2, 0) is 19.1 Å². The van der Waals surface area contributed by atoms with Crippen molar-refractivity contribution in [1.29, 1.82) is 0 Å². The molecule has 5 saturated carbocycles. The average Bonchev–Trinajstić information content (AvgIpc) is 3.24. The second-order valence-electron chi connectivity index (χ2n) is 6.60. The summed E-state index contributed by atoms with van der Waals surface area (Å²) in [5.74, 6) is -0.217. The van der Waals surface area contributed by atoms with Gasteiger partial charge in [-0.05, 0) is 25.7 Å². The van der Waals surface area contributed by atoms with E-state index in [1.54, 1.807) is 7.11 Å². The molecule has 0 N–H and O–H groups in total. The van der Waals surface area contributed by atoms with E-state index < -0.39 is 11.0 Å². The van der Waals surface area contributed by atoms with E-state index in [0.717, 1.165) is 25.7 Å². The maximum Gasteiger partial charge on any atom is 0.316 e. The molecule has 0 unspecified atom stereocenters. The summed E-state index contributed by atoms with van der Waals surface area (Å²) in [5.41, 5.74) is -1.69. The third kappa shape index (κ3) is 0.629. The highest BCUT2D eigenvalue weighted by Crippen LogP contribution is 2.94. The minimum atomic E-state index is -0.659. The first-order chi connectivity index (χ1) is 8.48. The number of hydrogen-bond donors (Lipinski definition) is 0. The molecule has 5 rings (SSSR count). The third-order valence-corrected chi connectivity index (χ3v) is 6.72. The Morgan fingerprint density at radius 2 is 1.89 bits per heavy atom. The number of carbonyl (C=O) groups excluding carboxylic acids is 2. The van der Waals surface area contributed by atoms with E-state index >= 15 is 0 Å². The molecule has 1 spiro atoms. The Hall–Kier alpha value is -0.900. The predicted molar refractivity (Wildman–Crippen MR) is 61.7 cm³/mol. The van der Waals surface area contributed by atoms with Gasteiger partial charge in [0.25, 0.3) is 0 Å². The molecular weight excluding hydrogens is 232 g/mol. The Balaban J connectivity index is 1.97. The van der Waals surface area contributed by atoms with Crippen LogP contribution in [0.3, 0.4) is 0 Å². The fourth-order valence-electron chi connectivity index (χ4n) is 5.83. The van der Waals surface area contributed by atoms with Gasteiger partial charge in [-0.25, -0.2) is 0 Å². The van der Waals surface area contributed by atoms with Crippen molar-refractivity contribution in [1.82, 2.24) is 0 Å². The van der Waals surface area contributed by atoms with Crippen molar-refractivity contribution < 1.29 is 19.1 Å². The van der Waals surface area contributed by atoms with E-state index in [0.29, 0.717) is 0 Å². The lowest BCUT2D eigenvalue weighted by Crippen LogP contribution is -2.52. The maximum absolute atomic E-state index is 12.7. The normalized spacial score (nSPS) is 53.5. The lowest BCUT2D eigenvalue weighted by atomic mass is 9.58. The zero-order valence-electron chi connectivity index (χ0n) is 11.0. The molecule has 5 aliphatic carbocycles. The summed E-state index contributed by atoms with van der Waals surface area (Å²) in [6.07, 6.45) is 3.60. The van der Waals surface area contributed by atoms with Crippen LogP contribution in [0.4, 0.5) is 0 Å². The van der Waals surface area contributed by atoms with Gasteiger partial charge in [-0.3, -0.25) is 9.59 Å². The second kappa shape index (κ2) is 2.53. The van der Waals surface area contributed by atoms with Gasteiger partial charge in [0.1, 0.15) is 11.2 Å². The van der Waals surface area contributed by atoms with Crippen LogP contribution in [0, 0.1) is 22.2 Å². The molecule has 0 saturated heterocycles. The molecule has 5 aliphatic rings. The number of ether oxygens (including phenoxy) is 2. The fraction of sp³-hybridized carbons (Fsp3) is 0.857. The SMILES string of the molecule is COC(=O)[C@]12[C@H]3C(=O)[C@](C)(CC[C@]31OC)C21CC1. The van der Waals surface area contributed by atoms with Crippen LogP contribution in [0.25, 0.3) is 0 Å². The molecule has 0 aliphatic heterocycles. The summed E-state index contributed by atoms with van der Waals surface area (Å²) >= 11 is 0. The van der Waals surface area contributed by atoms with Gasteiger partial charge in [0.05, 0.1) is 18.6 Å². The molecule has 4 nitrogen and oxygen atoms in total. The second-order valence-corrected chi connectivity index (χ2v) is 6.60. The molecule has 0 radical (unpaired) electrons. The summed E-state index contributed by atoms with van der Waals surface area (Å²) < 4.78 is 10.8. The minimum Gasteiger partial charge on any atom is -0.468 e. The van der Waals surface area contributed by atoms with Gasteiger partial charge in [-0.1, -0.05) is 6.92 Å². The Kier molecular flexibility index (Phi) is 1.54. The molecule has 4 heteroatoms. The first kappa shape index (κ1) is 11.0. The summed E-state index contributed by atoms with van der Waals surface area (Å²) in [7, 11) is 3.06. The van der Waals surface area contributed by atoms with Crippen molar-refractivity contribution in [3.63, 3.8) is 0 Å². The molecule has 0 aromatic rings. The monoisotopic (exact) mass is 250 g/mol. The fourth-order valence-corrected chi connectivity index (χ4v) is 5.83. The molecule has 0 amide bonds. The number of fused-ring (bicyclic) bond motifs is 1. The number of ketones is 1. The van der Waals surface area contributed by atoms with Crippen molar-refractivity contribution in [2.24, 2.45) is 22.2 Å². The molecule has 98 valence electrons. The zero-order chi connectivity index (χ0) is 13.0. The van der Waals surface area contributed by atoms with Gasteiger partial charge in [0.15, 0.2) is 0 Å². The summed E-state index contributed by atoms with van der Waals surface area (Å²) in [5, 5.41) is 0. The molecule has 18 heavy (non-hydrogen) atoms. The van der Waals surface area contributed by atoms with Crippen LogP contribution in [-0.4, -0.2) is 31.6 Å². The highest BCUT2D eigenvalue weighted by molar-refractivity contribution is 6.08. The summed E-state index contributed by atoms with van der Waals surface area (Å²) in [6.45, 7) is 2.05. The van der Waals surface area contributed by atoms with Gasteiger partial charge in [0.2, 0.25) is 0 Å². The van der Waals surface area contributed by atoms with Gasteiger partial charge in [-0.2, -0.15) is 0 Å². The third-order valence-electron chi connectivity index (χ3n) is 6.72. The van der Waals surface area contributed by atoms with E-state index in [-0.39, 0.29) is 28.5 Å². The topological polar surface area (TPSA) is 52.6 Å². The highest BCUT2D eigenvalue weighted by atomic mass is 16.5. The van der Waals surface area contributed by atoms with Gasteiger partial charge in [0, 0.05) is 17.9 Å².